The van der Waals surface area contributed by atoms with Crippen LogP contribution in [0.5, 0.6) is 0 Å². The molecule has 0 bridgehead atoms. The van der Waals surface area contributed by atoms with Crippen LogP contribution < -0.4 is 5.32 Å². The maximum atomic E-state index is 14.1. The number of carbonyl (C=O) groups is 2. The fourth-order valence-corrected chi connectivity index (χ4v) is 3.32. The first kappa shape index (κ1) is 17.1. The van der Waals surface area contributed by atoms with Gasteiger partial charge >= 0.3 is 0 Å². The lowest BCUT2D eigenvalue weighted by atomic mass is 9.99. The van der Waals surface area contributed by atoms with Gasteiger partial charge in [-0.1, -0.05) is 12.1 Å². The molecular weight excluding hydrogens is 323 g/mol. The summed E-state index contributed by atoms with van der Waals surface area (Å²) < 4.78 is 16.0. The van der Waals surface area contributed by atoms with E-state index in [0.717, 1.165) is 5.82 Å². The third kappa shape index (κ3) is 3.14. The molecule has 0 spiro atoms. The third-order valence-corrected chi connectivity index (χ3v) is 4.78. The van der Waals surface area contributed by atoms with Crippen LogP contribution in [0.25, 0.3) is 0 Å². The van der Waals surface area contributed by atoms with Crippen molar-refractivity contribution >= 4 is 11.8 Å². The number of rotatable bonds is 4. The standard InChI is InChI=1S/C18H21FN4O2/c1-11-5-4-6-13(15(11)19)18(25)21-10-12-9-14(24)23(3)16(12)17-20-7-8-22(17)2/h4-8,12,16H,9-10H2,1-3H3,(H,21,25)/t12-,16+/m0/s1. The van der Waals surface area contributed by atoms with Crippen LogP contribution in [-0.2, 0) is 11.8 Å². The predicted octanol–water partition coefficient (Wildman–Crippen LogP) is 1.82. The Labute approximate surface area is 145 Å². The molecule has 2 heterocycles. The maximum absolute atomic E-state index is 14.1. The van der Waals surface area contributed by atoms with Crippen LogP contribution in [-0.4, -0.2) is 39.9 Å². The van der Waals surface area contributed by atoms with Gasteiger partial charge in [0.25, 0.3) is 5.91 Å². The van der Waals surface area contributed by atoms with E-state index in [1.807, 2.05) is 17.8 Å². The second kappa shape index (κ2) is 6.66. The average molecular weight is 344 g/mol. The molecule has 1 fully saturated rings. The van der Waals surface area contributed by atoms with Crippen LogP contribution in [0.15, 0.2) is 30.6 Å². The summed E-state index contributed by atoms with van der Waals surface area (Å²) in [5, 5.41) is 2.77. The molecule has 1 aromatic carbocycles. The zero-order valence-corrected chi connectivity index (χ0v) is 14.5. The van der Waals surface area contributed by atoms with Crippen molar-refractivity contribution in [2.75, 3.05) is 13.6 Å². The van der Waals surface area contributed by atoms with Crippen LogP contribution in [0, 0.1) is 18.7 Å². The van der Waals surface area contributed by atoms with Gasteiger partial charge in [0.15, 0.2) is 0 Å². The van der Waals surface area contributed by atoms with E-state index < -0.39 is 11.7 Å². The monoisotopic (exact) mass is 344 g/mol. The molecule has 1 aromatic heterocycles. The summed E-state index contributed by atoms with van der Waals surface area (Å²) in [6, 6.07) is 4.51. The Hall–Kier alpha value is -2.70. The zero-order chi connectivity index (χ0) is 18.1. The molecule has 0 saturated carbocycles. The summed E-state index contributed by atoms with van der Waals surface area (Å²) in [5.41, 5.74) is 0.445. The fraction of sp³-hybridized carbons (Fsp3) is 0.389. The molecule has 7 heteroatoms. The first-order valence-corrected chi connectivity index (χ1v) is 8.16. The van der Waals surface area contributed by atoms with Gasteiger partial charge in [0.1, 0.15) is 11.6 Å². The minimum Gasteiger partial charge on any atom is -0.352 e. The van der Waals surface area contributed by atoms with E-state index >= 15 is 0 Å². The minimum absolute atomic E-state index is 0.00832. The summed E-state index contributed by atoms with van der Waals surface area (Å²) in [6.07, 6.45) is 3.83. The topological polar surface area (TPSA) is 67.2 Å². The summed E-state index contributed by atoms with van der Waals surface area (Å²) >= 11 is 0. The number of halogens is 1. The van der Waals surface area contributed by atoms with Crippen LogP contribution in [0.3, 0.4) is 0 Å². The highest BCUT2D eigenvalue weighted by molar-refractivity contribution is 5.94. The van der Waals surface area contributed by atoms with Crippen molar-refractivity contribution < 1.29 is 14.0 Å². The van der Waals surface area contributed by atoms with Crippen molar-refractivity contribution in [2.24, 2.45) is 13.0 Å². The Balaban J connectivity index is 1.75. The minimum atomic E-state index is -0.514. The molecule has 2 amide bonds. The summed E-state index contributed by atoms with van der Waals surface area (Å²) in [5.74, 6) is -0.319. The Bertz CT molecular complexity index is 817. The molecule has 1 aliphatic rings. The van der Waals surface area contributed by atoms with Crippen LogP contribution in [0.4, 0.5) is 4.39 Å². The average Bonchev–Trinajstić information content (AvgIpc) is 3.11. The highest BCUT2D eigenvalue weighted by atomic mass is 19.1. The number of carbonyl (C=O) groups excluding carboxylic acids is 2. The van der Waals surface area contributed by atoms with Gasteiger partial charge in [-0.2, -0.15) is 0 Å². The molecule has 6 nitrogen and oxygen atoms in total. The quantitative estimate of drug-likeness (QED) is 0.920. The lowest BCUT2D eigenvalue weighted by Gasteiger charge is -2.24. The normalized spacial score (nSPS) is 20.2. The van der Waals surface area contributed by atoms with Crippen LogP contribution >= 0.6 is 0 Å². The Morgan fingerprint density at radius 2 is 2.16 bits per heavy atom. The second-order valence-electron chi connectivity index (χ2n) is 6.46. The van der Waals surface area contributed by atoms with Gasteiger partial charge in [0.05, 0.1) is 11.6 Å². The lowest BCUT2D eigenvalue weighted by molar-refractivity contribution is -0.127. The summed E-state index contributed by atoms with van der Waals surface area (Å²) in [4.78, 5) is 30.5. The number of hydrogen-bond acceptors (Lipinski definition) is 3. The number of imidazole rings is 1. The van der Waals surface area contributed by atoms with Crippen molar-refractivity contribution in [3.05, 3.63) is 53.4 Å². The molecule has 0 aliphatic carbocycles. The largest absolute Gasteiger partial charge is 0.352 e. The van der Waals surface area contributed by atoms with E-state index in [1.165, 1.54) is 6.07 Å². The van der Waals surface area contributed by atoms with E-state index in [9.17, 15) is 14.0 Å². The predicted molar refractivity (Wildman–Crippen MR) is 90.3 cm³/mol. The fourth-order valence-electron chi connectivity index (χ4n) is 3.32. The molecule has 0 unspecified atom stereocenters. The van der Waals surface area contributed by atoms with Gasteiger partial charge < -0.3 is 14.8 Å². The van der Waals surface area contributed by atoms with E-state index in [4.69, 9.17) is 0 Å². The summed E-state index contributed by atoms with van der Waals surface area (Å²) in [7, 11) is 3.61. The Kier molecular flexibility index (Phi) is 4.57. The number of amides is 2. The highest BCUT2D eigenvalue weighted by Gasteiger charge is 2.40. The van der Waals surface area contributed by atoms with Crippen molar-refractivity contribution in [1.29, 1.82) is 0 Å². The van der Waals surface area contributed by atoms with Gasteiger partial charge in [0, 0.05) is 45.4 Å². The molecule has 1 saturated heterocycles. The Morgan fingerprint density at radius 1 is 1.40 bits per heavy atom. The molecule has 132 valence electrons. The van der Waals surface area contributed by atoms with Crippen molar-refractivity contribution in [3.8, 4) is 0 Å². The number of nitrogens with one attached hydrogen (secondary N) is 1. The van der Waals surface area contributed by atoms with Gasteiger partial charge in [-0.15, -0.1) is 0 Å². The summed E-state index contributed by atoms with van der Waals surface area (Å²) in [6.45, 7) is 1.90. The van der Waals surface area contributed by atoms with E-state index in [0.29, 0.717) is 12.0 Å². The molecule has 1 aliphatic heterocycles. The molecular formula is C18H21FN4O2. The number of aromatic nitrogens is 2. The van der Waals surface area contributed by atoms with Crippen molar-refractivity contribution in [3.63, 3.8) is 0 Å². The smallest absolute Gasteiger partial charge is 0.254 e. The van der Waals surface area contributed by atoms with Gasteiger partial charge in [-0.05, 0) is 18.6 Å². The zero-order valence-electron chi connectivity index (χ0n) is 14.5. The number of nitrogens with zero attached hydrogens (tertiary/aromatic N) is 3. The molecule has 3 rings (SSSR count). The van der Waals surface area contributed by atoms with E-state index in [-0.39, 0.29) is 30.0 Å². The molecule has 2 aromatic rings. The molecule has 0 radical (unpaired) electrons. The van der Waals surface area contributed by atoms with Gasteiger partial charge in [-0.3, -0.25) is 9.59 Å². The van der Waals surface area contributed by atoms with Gasteiger partial charge in [-0.25, -0.2) is 9.37 Å². The SMILES string of the molecule is Cc1cccc(C(=O)NC[C@@H]2CC(=O)N(C)[C@H]2c2nccn2C)c1F. The van der Waals surface area contributed by atoms with Crippen LogP contribution in [0.1, 0.15) is 34.2 Å². The Morgan fingerprint density at radius 3 is 2.84 bits per heavy atom. The van der Waals surface area contributed by atoms with Crippen LogP contribution in [0.2, 0.25) is 0 Å². The number of hydrogen-bond donors (Lipinski definition) is 1. The first-order chi connectivity index (χ1) is 11.9. The highest BCUT2D eigenvalue weighted by Crippen LogP contribution is 2.35. The molecule has 1 N–H and O–H groups in total. The number of likely N-dealkylation sites (tertiary alicyclic amines) is 1. The van der Waals surface area contributed by atoms with E-state index in [2.05, 4.69) is 10.3 Å². The molecule has 2 atom stereocenters. The second-order valence-corrected chi connectivity index (χ2v) is 6.46. The van der Waals surface area contributed by atoms with Gasteiger partial charge in [0.2, 0.25) is 5.91 Å². The maximum Gasteiger partial charge on any atom is 0.254 e. The lowest BCUT2D eigenvalue weighted by Crippen LogP contribution is -2.34. The number of benzene rings is 1. The van der Waals surface area contributed by atoms with Crippen molar-refractivity contribution in [1.82, 2.24) is 19.8 Å². The number of aryl methyl sites for hydroxylation is 2. The molecule has 25 heavy (non-hydrogen) atoms. The van der Waals surface area contributed by atoms with Crippen molar-refractivity contribution in [2.45, 2.75) is 19.4 Å². The first-order valence-electron chi connectivity index (χ1n) is 8.16. The third-order valence-electron chi connectivity index (χ3n) is 4.78. The van der Waals surface area contributed by atoms with E-state index in [1.54, 1.807) is 37.2 Å².